The maximum Gasteiger partial charge on any atom is 0.140 e. The molecule has 0 fully saturated rings. The Bertz CT molecular complexity index is 1010. The van der Waals surface area contributed by atoms with Gasteiger partial charge >= 0.3 is 0 Å². The number of fused-ring (bicyclic) bond motifs is 1. The number of hydrogen-bond donors (Lipinski definition) is 1. The third-order valence-electron chi connectivity index (χ3n) is 4.35. The van der Waals surface area contributed by atoms with Crippen LogP contribution in [0.5, 0.6) is 0 Å². The Morgan fingerprint density at radius 2 is 1.73 bits per heavy atom. The van der Waals surface area contributed by atoms with Gasteiger partial charge in [0.2, 0.25) is 0 Å². The van der Waals surface area contributed by atoms with Crippen LogP contribution in [0, 0.1) is 0 Å². The van der Waals surface area contributed by atoms with E-state index in [1.54, 1.807) is 17.7 Å². The van der Waals surface area contributed by atoms with Gasteiger partial charge in [-0.15, -0.1) is 11.3 Å². The van der Waals surface area contributed by atoms with Gasteiger partial charge in [-0.3, -0.25) is 0 Å². The summed E-state index contributed by atoms with van der Waals surface area (Å²) < 4.78 is 0. The standard InChI is InChI=1S/C21H19N3OS/c1-24(12-15-5-3-2-4-6-15)20-18-11-19(26-21(18)23-14-22-20)17-9-7-16(13-25)8-10-17/h2-11,14,25H,12-13H2,1H3. The molecule has 0 atom stereocenters. The minimum Gasteiger partial charge on any atom is -0.392 e. The van der Waals surface area contributed by atoms with Gasteiger partial charge in [0.1, 0.15) is 17.0 Å². The summed E-state index contributed by atoms with van der Waals surface area (Å²) in [5.74, 6) is 0.938. The van der Waals surface area contributed by atoms with Gasteiger partial charge in [0, 0.05) is 18.5 Å². The van der Waals surface area contributed by atoms with Crippen molar-refractivity contribution in [1.82, 2.24) is 9.97 Å². The second-order valence-corrected chi connectivity index (χ2v) is 7.25. The Morgan fingerprint density at radius 1 is 0.962 bits per heavy atom. The fourth-order valence-electron chi connectivity index (χ4n) is 3.00. The van der Waals surface area contributed by atoms with E-state index in [0.29, 0.717) is 0 Å². The predicted molar refractivity (Wildman–Crippen MR) is 107 cm³/mol. The monoisotopic (exact) mass is 361 g/mol. The Hall–Kier alpha value is -2.76. The molecule has 0 saturated heterocycles. The third kappa shape index (κ3) is 3.31. The number of anilines is 1. The average molecular weight is 361 g/mol. The summed E-state index contributed by atoms with van der Waals surface area (Å²) in [4.78, 5) is 13.3. The first kappa shape index (κ1) is 16.7. The second-order valence-electron chi connectivity index (χ2n) is 6.22. The second kappa shape index (κ2) is 7.23. The van der Waals surface area contributed by atoms with Crippen LogP contribution in [0.3, 0.4) is 0 Å². The lowest BCUT2D eigenvalue weighted by molar-refractivity contribution is 0.282. The molecule has 5 heteroatoms. The fraction of sp³-hybridized carbons (Fsp3) is 0.143. The van der Waals surface area contributed by atoms with E-state index in [1.165, 1.54) is 5.56 Å². The summed E-state index contributed by atoms with van der Waals surface area (Å²) in [6.07, 6.45) is 1.63. The maximum absolute atomic E-state index is 9.21. The minimum atomic E-state index is 0.0621. The van der Waals surface area contributed by atoms with Crippen LogP contribution in [0.25, 0.3) is 20.7 Å². The van der Waals surface area contributed by atoms with Crippen molar-refractivity contribution >= 4 is 27.4 Å². The number of nitrogens with zero attached hydrogens (tertiary/aromatic N) is 3. The zero-order valence-corrected chi connectivity index (χ0v) is 15.3. The van der Waals surface area contributed by atoms with Gasteiger partial charge in [-0.25, -0.2) is 9.97 Å². The van der Waals surface area contributed by atoms with E-state index >= 15 is 0 Å². The maximum atomic E-state index is 9.21. The van der Waals surface area contributed by atoms with Crippen LogP contribution >= 0.6 is 11.3 Å². The molecular formula is C21H19N3OS. The molecule has 130 valence electrons. The first-order valence-electron chi connectivity index (χ1n) is 8.44. The largest absolute Gasteiger partial charge is 0.392 e. The Labute approximate surface area is 156 Å². The van der Waals surface area contributed by atoms with E-state index in [9.17, 15) is 5.11 Å². The van der Waals surface area contributed by atoms with Crippen molar-refractivity contribution in [2.75, 3.05) is 11.9 Å². The molecule has 0 aliphatic carbocycles. The van der Waals surface area contributed by atoms with E-state index in [1.807, 2.05) is 30.3 Å². The molecule has 0 aliphatic rings. The number of rotatable bonds is 5. The van der Waals surface area contributed by atoms with E-state index in [2.05, 4.69) is 52.2 Å². The molecule has 0 radical (unpaired) electrons. The summed E-state index contributed by atoms with van der Waals surface area (Å²) in [5.41, 5.74) is 3.29. The molecular weight excluding hydrogens is 342 g/mol. The molecule has 2 aromatic carbocycles. The van der Waals surface area contributed by atoms with Gasteiger partial charge in [-0.2, -0.15) is 0 Å². The Kier molecular flexibility index (Phi) is 4.65. The van der Waals surface area contributed by atoms with Crippen molar-refractivity contribution < 1.29 is 5.11 Å². The van der Waals surface area contributed by atoms with Crippen LogP contribution in [0.1, 0.15) is 11.1 Å². The van der Waals surface area contributed by atoms with Crippen LogP contribution in [0.15, 0.2) is 67.0 Å². The van der Waals surface area contributed by atoms with Gasteiger partial charge in [-0.1, -0.05) is 54.6 Å². The van der Waals surface area contributed by atoms with Gasteiger partial charge in [0.05, 0.1) is 12.0 Å². The van der Waals surface area contributed by atoms with Crippen LogP contribution in [-0.4, -0.2) is 22.1 Å². The SMILES string of the molecule is CN(Cc1ccccc1)c1ncnc2sc(-c3ccc(CO)cc3)cc12. The van der Waals surface area contributed by atoms with Gasteiger partial charge in [0.25, 0.3) is 0 Å². The van der Waals surface area contributed by atoms with E-state index in [0.717, 1.165) is 38.6 Å². The molecule has 4 aromatic rings. The van der Waals surface area contributed by atoms with Crippen molar-refractivity contribution in [3.63, 3.8) is 0 Å². The molecule has 0 saturated carbocycles. The Balaban J connectivity index is 1.68. The van der Waals surface area contributed by atoms with Crippen molar-refractivity contribution in [3.05, 3.63) is 78.1 Å². The van der Waals surface area contributed by atoms with E-state index in [-0.39, 0.29) is 6.61 Å². The molecule has 0 aliphatic heterocycles. The highest BCUT2D eigenvalue weighted by molar-refractivity contribution is 7.21. The summed E-state index contributed by atoms with van der Waals surface area (Å²) >= 11 is 1.66. The van der Waals surface area contributed by atoms with Crippen molar-refractivity contribution in [1.29, 1.82) is 0 Å². The smallest absolute Gasteiger partial charge is 0.140 e. The van der Waals surface area contributed by atoms with Gasteiger partial charge < -0.3 is 10.0 Å². The van der Waals surface area contributed by atoms with Crippen LogP contribution in [0.4, 0.5) is 5.82 Å². The van der Waals surface area contributed by atoms with Gasteiger partial charge in [-0.05, 0) is 22.8 Å². The summed E-state index contributed by atoms with van der Waals surface area (Å²) in [7, 11) is 2.06. The number of hydrogen-bond acceptors (Lipinski definition) is 5. The van der Waals surface area contributed by atoms with Gasteiger partial charge in [0.15, 0.2) is 0 Å². The number of aliphatic hydroxyl groups excluding tert-OH is 1. The lowest BCUT2D eigenvalue weighted by Crippen LogP contribution is -2.17. The summed E-state index contributed by atoms with van der Waals surface area (Å²) in [6, 6.07) is 20.5. The highest BCUT2D eigenvalue weighted by Crippen LogP contribution is 2.36. The third-order valence-corrected chi connectivity index (χ3v) is 5.45. The molecule has 0 spiro atoms. The first-order chi connectivity index (χ1) is 12.7. The van der Waals surface area contributed by atoms with Crippen molar-refractivity contribution in [2.45, 2.75) is 13.2 Å². The summed E-state index contributed by atoms with van der Waals surface area (Å²) in [6.45, 7) is 0.857. The minimum absolute atomic E-state index is 0.0621. The molecule has 26 heavy (non-hydrogen) atoms. The topological polar surface area (TPSA) is 49.2 Å². The highest BCUT2D eigenvalue weighted by Gasteiger charge is 2.13. The molecule has 1 N–H and O–H groups in total. The number of thiophene rings is 1. The quantitative estimate of drug-likeness (QED) is 0.569. The average Bonchev–Trinajstić information content (AvgIpc) is 3.13. The number of aliphatic hydroxyl groups is 1. The zero-order chi connectivity index (χ0) is 17.9. The molecule has 2 aromatic heterocycles. The lowest BCUT2D eigenvalue weighted by atomic mass is 10.1. The highest BCUT2D eigenvalue weighted by atomic mass is 32.1. The van der Waals surface area contributed by atoms with E-state index in [4.69, 9.17) is 0 Å². The number of aromatic nitrogens is 2. The van der Waals surface area contributed by atoms with Crippen LogP contribution in [-0.2, 0) is 13.2 Å². The molecule has 0 amide bonds. The summed E-state index contributed by atoms with van der Waals surface area (Å²) in [5, 5.41) is 10.3. The van der Waals surface area contributed by atoms with Crippen molar-refractivity contribution in [2.24, 2.45) is 0 Å². The molecule has 4 nitrogen and oxygen atoms in total. The van der Waals surface area contributed by atoms with Crippen LogP contribution < -0.4 is 4.90 Å². The fourth-order valence-corrected chi connectivity index (χ4v) is 4.00. The molecule has 2 heterocycles. The Morgan fingerprint density at radius 3 is 2.46 bits per heavy atom. The van der Waals surface area contributed by atoms with Crippen LogP contribution in [0.2, 0.25) is 0 Å². The first-order valence-corrected chi connectivity index (χ1v) is 9.26. The number of benzene rings is 2. The van der Waals surface area contributed by atoms with Crippen molar-refractivity contribution in [3.8, 4) is 10.4 Å². The molecule has 0 unspecified atom stereocenters. The predicted octanol–water partition coefficient (Wildman–Crippen LogP) is 4.49. The lowest BCUT2D eigenvalue weighted by Gasteiger charge is -2.18. The zero-order valence-electron chi connectivity index (χ0n) is 14.5. The van der Waals surface area contributed by atoms with E-state index < -0.39 is 0 Å². The normalized spacial score (nSPS) is 11.0. The molecule has 0 bridgehead atoms. The molecule has 4 rings (SSSR count).